The van der Waals surface area contributed by atoms with Gasteiger partial charge in [-0.1, -0.05) is 24.3 Å². The van der Waals surface area contributed by atoms with Crippen LogP contribution < -0.4 is 0 Å². The first-order valence-electron chi connectivity index (χ1n) is 3.28. The topological polar surface area (TPSA) is 34.1 Å². The van der Waals surface area contributed by atoms with Gasteiger partial charge in [0.1, 0.15) is 0 Å². The fourth-order valence-corrected chi connectivity index (χ4v) is 1.36. The largest absolute Gasteiger partial charge is 0.152 e. The second-order valence-corrected chi connectivity index (χ2v) is 3.42. The van der Waals surface area contributed by atoms with Crippen LogP contribution in [0.1, 0.15) is 0 Å². The van der Waals surface area contributed by atoms with Crippen LogP contribution in [0.25, 0.3) is 0 Å². The SMILES string of the molecule is O=S=O.[NaH].c1ccsc1.c1ccsc1. The van der Waals surface area contributed by atoms with E-state index in [2.05, 4.69) is 0 Å². The molecule has 0 fully saturated rings. The Hall–Kier alpha value is 0.220. The van der Waals surface area contributed by atoms with Crippen molar-refractivity contribution < 1.29 is 8.42 Å². The molecule has 0 aromatic carbocycles. The fourth-order valence-electron chi connectivity index (χ4n) is 0.454. The van der Waals surface area contributed by atoms with Crippen molar-refractivity contribution in [2.75, 3.05) is 0 Å². The molecule has 6 heteroatoms. The number of hydrogen-bond donors (Lipinski definition) is 0. The molecule has 2 aromatic heterocycles. The molecule has 0 amide bonds. The summed E-state index contributed by atoms with van der Waals surface area (Å²) in [6, 6.07) is 8.07. The minimum Gasteiger partial charge on any atom is -0.152 e. The molecular weight excluding hydrogens is 247 g/mol. The zero-order chi connectivity index (χ0) is 9.78. The minimum absolute atomic E-state index is 0. The van der Waals surface area contributed by atoms with Crippen LogP contribution in [0.2, 0.25) is 0 Å². The monoisotopic (exact) mass is 256 g/mol. The third-order valence-electron chi connectivity index (χ3n) is 0.851. The third kappa shape index (κ3) is 14.7. The standard InChI is InChI=1S/2C4H4S.Na.O2S.H/c2*1-2-4-5-3-1;;1-3-2;/h2*1-4H;;;. The summed E-state index contributed by atoms with van der Waals surface area (Å²) < 4.78 is 16.6. The quantitative estimate of drug-likeness (QED) is 0.677. The average Bonchev–Trinajstić information content (AvgIpc) is 2.85. The van der Waals surface area contributed by atoms with Gasteiger partial charge in [0.05, 0.1) is 0 Å². The van der Waals surface area contributed by atoms with Crippen LogP contribution in [0.15, 0.2) is 45.8 Å². The summed E-state index contributed by atoms with van der Waals surface area (Å²) in [4.78, 5) is 0. The van der Waals surface area contributed by atoms with E-state index >= 15 is 0 Å². The van der Waals surface area contributed by atoms with Crippen molar-refractivity contribution in [2.45, 2.75) is 0 Å². The number of rotatable bonds is 0. The van der Waals surface area contributed by atoms with Crippen LogP contribution >= 0.6 is 22.7 Å². The average molecular weight is 256 g/mol. The van der Waals surface area contributed by atoms with Crippen molar-refractivity contribution in [3.8, 4) is 0 Å². The molecule has 0 bridgehead atoms. The van der Waals surface area contributed by atoms with Crippen molar-refractivity contribution in [3.05, 3.63) is 45.8 Å². The normalized spacial score (nSPS) is 6.57. The summed E-state index contributed by atoms with van der Waals surface area (Å²) in [6.45, 7) is 0. The molecule has 0 aliphatic heterocycles. The Morgan fingerprint density at radius 2 is 0.929 bits per heavy atom. The molecule has 2 nitrogen and oxygen atoms in total. The van der Waals surface area contributed by atoms with Gasteiger partial charge in [-0.05, 0) is 21.5 Å². The summed E-state index contributed by atoms with van der Waals surface area (Å²) in [6.07, 6.45) is 0. The second-order valence-electron chi connectivity index (χ2n) is 1.65. The summed E-state index contributed by atoms with van der Waals surface area (Å²) >= 11 is 2.68. The van der Waals surface area contributed by atoms with Gasteiger partial charge in [0.15, 0.2) is 0 Å². The van der Waals surface area contributed by atoms with Gasteiger partial charge in [-0.25, -0.2) is 0 Å². The summed E-state index contributed by atoms with van der Waals surface area (Å²) in [7, 11) is 0. The molecule has 2 rings (SSSR count). The second kappa shape index (κ2) is 15.7. The molecule has 0 saturated carbocycles. The van der Waals surface area contributed by atoms with Crippen LogP contribution in [-0.4, -0.2) is 38.0 Å². The Morgan fingerprint density at radius 3 is 1.00 bits per heavy atom. The maximum atomic E-state index is 8.29. The summed E-state index contributed by atoms with van der Waals surface area (Å²) in [5.74, 6) is 0. The van der Waals surface area contributed by atoms with Gasteiger partial charge >= 0.3 is 41.1 Å². The molecule has 2 aromatic rings. The Kier molecular flexibility index (Phi) is 18.6. The van der Waals surface area contributed by atoms with Crippen LogP contribution in [0.4, 0.5) is 0 Å². The molecule has 0 aliphatic rings. The van der Waals surface area contributed by atoms with Gasteiger partial charge in [0.25, 0.3) is 0 Å². The first-order chi connectivity index (χ1) is 6.41. The molecule has 0 spiro atoms. The molecule has 0 N–H and O–H groups in total. The van der Waals surface area contributed by atoms with E-state index in [-0.39, 0.29) is 29.6 Å². The third-order valence-corrected chi connectivity index (χ3v) is 2.11. The first kappa shape index (κ1) is 16.6. The zero-order valence-corrected chi connectivity index (χ0v) is 9.11. The molecule has 2 heterocycles. The van der Waals surface area contributed by atoms with Crippen molar-refractivity contribution >= 4 is 63.8 Å². The van der Waals surface area contributed by atoms with E-state index < -0.39 is 11.6 Å². The van der Waals surface area contributed by atoms with Crippen molar-refractivity contribution in [2.24, 2.45) is 0 Å². The number of thiophene rings is 2. The van der Waals surface area contributed by atoms with Crippen LogP contribution in [0, 0.1) is 0 Å². The molecule has 0 radical (unpaired) electrons. The molecule has 14 heavy (non-hydrogen) atoms. The van der Waals surface area contributed by atoms with E-state index in [9.17, 15) is 0 Å². The van der Waals surface area contributed by atoms with E-state index in [1.807, 2.05) is 45.8 Å². The van der Waals surface area contributed by atoms with Gasteiger partial charge in [-0.15, -0.1) is 0 Å². The molecule has 72 valence electrons. The van der Waals surface area contributed by atoms with Crippen LogP contribution in [0.5, 0.6) is 0 Å². The van der Waals surface area contributed by atoms with E-state index in [4.69, 9.17) is 8.42 Å². The molecule has 0 aliphatic carbocycles. The Morgan fingerprint density at radius 1 is 0.714 bits per heavy atom. The molecule has 0 saturated heterocycles. The smallest absolute Gasteiger partial charge is 0.00934 e. The van der Waals surface area contributed by atoms with E-state index in [0.29, 0.717) is 0 Å². The van der Waals surface area contributed by atoms with Gasteiger partial charge in [0.2, 0.25) is 0 Å². The first-order valence-corrected chi connectivity index (χ1v) is 5.83. The van der Waals surface area contributed by atoms with E-state index in [0.717, 1.165) is 0 Å². The van der Waals surface area contributed by atoms with Crippen molar-refractivity contribution in [3.63, 3.8) is 0 Å². The zero-order valence-electron chi connectivity index (χ0n) is 6.66. The summed E-state index contributed by atoms with van der Waals surface area (Å²) in [5.41, 5.74) is 0. The van der Waals surface area contributed by atoms with Gasteiger partial charge in [-0.2, -0.15) is 31.1 Å². The van der Waals surface area contributed by atoms with Crippen LogP contribution in [-0.2, 0) is 11.6 Å². The van der Waals surface area contributed by atoms with E-state index in [1.54, 1.807) is 22.7 Å². The minimum atomic E-state index is -0.750. The van der Waals surface area contributed by atoms with Gasteiger partial charge in [0, 0.05) is 0 Å². The predicted molar refractivity (Wildman–Crippen MR) is 64.7 cm³/mol. The predicted octanol–water partition coefficient (Wildman–Crippen LogP) is 2.18. The van der Waals surface area contributed by atoms with Gasteiger partial charge < -0.3 is 0 Å². The maximum absolute atomic E-state index is 8.29. The Labute approximate surface area is 117 Å². The Bertz CT molecular complexity index is 228. The van der Waals surface area contributed by atoms with Crippen molar-refractivity contribution in [1.82, 2.24) is 0 Å². The number of hydrogen-bond acceptors (Lipinski definition) is 4. The molecule has 0 unspecified atom stereocenters. The maximum Gasteiger partial charge on any atom is -0.00934 e. The summed E-state index contributed by atoms with van der Waals surface area (Å²) in [5, 5.41) is 8.17. The van der Waals surface area contributed by atoms with Crippen LogP contribution in [0.3, 0.4) is 0 Å². The Balaban J connectivity index is 0. The molecule has 0 atom stereocenters. The molecular formula is C8H9NaO2S3. The fraction of sp³-hybridized carbons (Fsp3) is 0. The van der Waals surface area contributed by atoms with Gasteiger partial charge in [-0.3, -0.25) is 0 Å². The van der Waals surface area contributed by atoms with E-state index in [1.165, 1.54) is 0 Å². The van der Waals surface area contributed by atoms with Crippen molar-refractivity contribution in [1.29, 1.82) is 0 Å².